The Bertz CT molecular complexity index is 690. The van der Waals surface area contributed by atoms with Gasteiger partial charge in [-0.05, 0) is 12.1 Å². The summed E-state index contributed by atoms with van der Waals surface area (Å²) in [4.78, 5) is 24.6. The highest BCUT2D eigenvalue weighted by Gasteiger charge is 2.43. The molecule has 0 aliphatic carbocycles. The Labute approximate surface area is 112 Å². The molecular weight excluding hydrogens is 331 g/mol. The number of fused-ring (bicyclic) bond motifs is 1. The van der Waals surface area contributed by atoms with Gasteiger partial charge in [-0.1, -0.05) is 22.0 Å². The maximum absolute atomic E-state index is 12.5. The number of carbonyl (C=O) groups is 2. The van der Waals surface area contributed by atoms with Gasteiger partial charge in [-0.15, -0.1) is 0 Å². The van der Waals surface area contributed by atoms with Crippen LogP contribution in [0.3, 0.4) is 0 Å². The topological polar surface area (TPSA) is 70.2 Å². The normalized spacial score (nSPS) is 11.8. The maximum Gasteiger partial charge on any atom is 0.454 e. The van der Waals surface area contributed by atoms with E-state index in [1.54, 1.807) is 0 Å². The number of nitrogens with one attached hydrogen (secondary N) is 1. The van der Waals surface area contributed by atoms with Crippen LogP contribution in [0.25, 0.3) is 10.9 Å². The highest BCUT2D eigenvalue weighted by atomic mass is 79.9. The molecule has 0 saturated heterocycles. The van der Waals surface area contributed by atoms with Crippen LogP contribution >= 0.6 is 15.9 Å². The van der Waals surface area contributed by atoms with Gasteiger partial charge in [-0.2, -0.15) is 13.2 Å². The number of carbonyl (C=O) groups excluding carboxylic acids is 1. The molecule has 0 fully saturated rings. The molecule has 0 spiro atoms. The third-order valence-electron chi connectivity index (χ3n) is 2.46. The number of carboxylic acids is 1. The predicted octanol–water partition coefficient (Wildman–Crippen LogP) is 3.37. The molecule has 4 nitrogen and oxygen atoms in total. The van der Waals surface area contributed by atoms with Crippen LogP contribution in [0.1, 0.15) is 20.8 Å². The summed E-state index contributed by atoms with van der Waals surface area (Å²) in [5.41, 5.74) is -1.50. The number of aromatic nitrogens is 1. The molecule has 0 bridgehead atoms. The summed E-state index contributed by atoms with van der Waals surface area (Å²) >= 11 is 3.11. The molecule has 0 amide bonds. The van der Waals surface area contributed by atoms with Crippen LogP contribution in [0.4, 0.5) is 13.2 Å². The number of carboxylic acid groups (broad SMARTS) is 1. The summed E-state index contributed by atoms with van der Waals surface area (Å²) in [5, 5.41) is 8.81. The molecule has 2 aromatic rings. The lowest BCUT2D eigenvalue weighted by atomic mass is 10.1. The van der Waals surface area contributed by atoms with Crippen molar-refractivity contribution in [2.24, 2.45) is 0 Å². The highest BCUT2D eigenvalue weighted by Crippen LogP contribution is 2.31. The second-order valence-corrected chi connectivity index (χ2v) is 4.61. The molecule has 1 aromatic carbocycles. The van der Waals surface area contributed by atoms with E-state index >= 15 is 0 Å². The van der Waals surface area contributed by atoms with Crippen molar-refractivity contribution in [1.82, 2.24) is 4.98 Å². The summed E-state index contributed by atoms with van der Waals surface area (Å²) in [6, 6.07) is 4.07. The fourth-order valence-corrected chi connectivity index (χ4v) is 2.07. The number of alkyl halides is 3. The van der Waals surface area contributed by atoms with E-state index in [0.717, 1.165) is 0 Å². The molecule has 0 radical (unpaired) electrons. The van der Waals surface area contributed by atoms with E-state index in [0.29, 0.717) is 4.47 Å². The number of Topliss-reactive ketones (excluding diaryl/α,β-unsaturated/α-hetero) is 1. The molecule has 2 rings (SSSR count). The maximum atomic E-state index is 12.5. The molecule has 0 aliphatic heterocycles. The van der Waals surface area contributed by atoms with Crippen LogP contribution in [0, 0.1) is 0 Å². The first-order valence-corrected chi connectivity index (χ1v) is 5.67. The fourth-order valence-electron chi connectivity index (χ4n) is 1.71. The van der Waals surface area contributed by atoms with Crippen LogP contribution in [0.2, 0.25) is 0 Å². The van der Waals surface area contributed by atoms with Crippen molar-refractivity contribution in [3.63, 3.8) is 0 Å². The molecule has 8 heteroatoms. The van der Waals surface area contributed by atoms with E-state index in [4.69, 9.17) is 5.11 Å². The van der Waals surface area contributed by atoms with Crippen LogP contribution in [-0.4, -0.2) is 28.0 Å². The number of H-pyrrole nitrogens is 1. The molecule has 100 valence electrons. The van der Waals surface area contributed by atoms with Crippen molar-refractivity contribution in [3.8, 4) is 0 Å². The van der Waals surface area contributed by atoms with Gasteiger partial charge in [0.2, 0.25) is 0 Å². The van der Waals surface area contributed by atoms with Crippen molar-refractivity contribution >= 4 is 38.6 Å². The van der Waals surface area contributed by atoms with Gasteiger partial charge in [0.15, 0.2) is 0 Å². The second-order valence-electron chi connectivity index (χ2n) is 3.70. The van der Waals surface area contributed by atoms with Crippen LogP contribution < -0.4 is 0 Å². The van der Waals surface area contributed by atoms with E-state index in [1.807, 2.05) is 0 Å². The van der Waals surface area contributed by atoms with Gasteiger partial charge in [0.1, 0.15) is 5.69 Å². The van der Waals surface area contributed by atoms with Gasteiger partial charge in [0, 0.05) is 15.4 Å². The lowest BCUT2D eigenvalue weighted by Crippen LogP contribution is -2.24. The largest absolute Gasteiger partial charge is 0.477 e. The molecule has 1 heterocycles. The summed E-state index contributed by atoms with van der Waals surface area (Å²) in [6.07, 6.45) is -5.13. The average molecular weight is 336 g/mol. The minimum absolute atomic E-state index is 0.0806. The van der Waals surface area contributed by atoms with E-state index in [-0.39, 0.29) is 10.9 Å². The number of hydrogen-bond acceptors (Lipinski definition) is 2. The number of hydrogen-bond donors (Lipinski definition) is 2. The summed E-state index contributed by atoms with van der Waals surface area (Å²) < 4.78 is 38.0. The van der Waals surface area contributed by atoms with Crippen LogP contribution in [0.15, 0.2) is 22.7 Å². The Morgan fingerprint density at radius 1 is 1.26 bits per heavy atom. The molecular formula is C11H5BrF3NO3. The Morgan fingerprint density at radius 3 is 2.42 bits per heavy atom. The molecule has 0 aliphatic rings. The van der Waals surface area contributed by atoms with Gasteiger partial charge in [-0.3, -0.25) is 4.79 Å². The number of benzene rings is 1. The number of ketones is 1. The van der Waals surface area contributed by atoms with Gasteiger partial charge in [0.05, 0.1) is 5.56 Å². The van der Waals surface area contributed by atoms with Crippen molar-refractivity contribution in [3.05, 3.63) is 33.9 Å². The quantitative estimate of drug-likeness (QED) is 0.826. The summed E-state index contributed by atoms with van der Waals surface area (Å²) in [5.74, 6) is -3.81. The van der Waals surface area contributed by atoms with E-state index in [2.05, 4.69) is 20.9 Å². The van der Waals surface area contributed by atoms with Crippen molar-refractivity contribution in [2.75, 3.05) is 0 Å². The first kappa shape index (κ1) is 13.6. The standard InChI is InChI=1S/C11H5BrF3NO3/c12-4-1-2-5-6(3-4)16-8(10(18)19)7(5)9(17)11(13,14)15/h1-3,16H,(H,18,19). The van der Waals surface area contributed by atoms with Gasteiger partial charge < -0.3 is 10.1 Å². The van der Waals surface area contributed by atoms with E-state index < -0.39 is 29.2 Å². The monoisotopic (exact) mass is 335 g/mol. The van der Waals surface area contributed by atoms with Crippen molar-refractivity contribution < 1.29 is 27.9 Å². The summed E-state index contributed by atoms with van der Waals surface area (Å²) in [6.45, 7) is 0. The highest BCUT2D eigenvalue weighted by molar-refractivity contribution is 9.10. The Hall–Kier alpha value is -1.83. The first-order chi connectivity index (χ1) is 8.71. The number of aromatic amines is 1. The number of halogens is 4. The first-order valence-electron chi connectivity index (χ1n) is 4.88. The molecule has 0 saturated carbocycles. The smallest absolute Gasteiger partial charge is 0.454 e. The Morgan fingerprint density at radius 2 is 1.89 bits per heavy atom. The minimum atomic E-state index is -5.13. The zero-order valence-corrected chi connectivity index (χ0v) is 10.6. The second kappa shape index (κ2) is 4.37. The summed E-state index contributed by atoms with van der Waals surface area (Å²) in [7, 11) is 0. The number of aromatic carboxylic acids is 1. The SMILES string of the molecule is O=C(O)c1[nH]c2cc(Br)ccc2c1C(=O)C(F)(F)F. The molecule has 0 unspecified atom stereocenters. The molecule has 0 atom stereocenters. The van der Waals surface area contributed by atoms with Crippen LogP contribution in [-0.2, 0) is 0 Å². The van der Waals surface area contributed by atoms with Crippen LogP contribution in [0.5, 0.6) is 0 Å². The van der Waals surface area contributed by atoms with Gasteiger partial charge in [0.25, 0.3) is 5.78 Å². The molecule has 1 aromatic heterocycles. The minimum Gasteiger partial charge on any atom is -0.477 e. The van der Waals surface area contributed by atoms with E-state index in [1.165, 1.54) is 18.2 Å². The number of rotatable bonds is 2. The lowest BCUT2D eigenvalue weighted by molar-refractivity contribution is -0.0884. The zero-order chi connectivity index (χ0) is 14.4. The molecule has 19 heavy (non-hydrogen) atoms. The van der Waals surface area contributed by atoms with Crippen molar-refractivity contribution in [1.29, 1.82) is 0 Å². The third-order valence-corrected chi connectivity index (χ3v) is 2.95. The van der Waals surface area contributed by atoms with E-state index in [9.17, 15) is 22.8 Å². The zero-order valence-electron chi connectivity index (χ0n) is 9.01. The molecule has 2 N–H and O–H groups in total. The third kappa shape index (κ3) is 2.35. The Balaban J connectivity index is 2.80. The Kier molecular flexibility index (Phi) is 3.13. The lowest BCUT2D eigenvalue weighted by Gasteiger charge is -2.05. The van der Waals surface area contributed by atoms with Crippen molar-refractivity contribution in [2.45, 2.75) is 6.18 Å². The fraction of sp³-hybridized carbons (Fsp3) is 0.0909. The van der Waals surface area contributed by atoms with Gasteiger partial charge in [-0.25, -0.2) is 4.79 Å². The van der Waals surface area contributed by atoms with Gasteiger partial charge >= 0.3 is 12.1 Å². The predicted molar refractivity (Wildman–Crippen MR) is 63.3 cm³/mol. The average Bonchev–Trinajstić information content (AvgIpc) is 2.64.